The number of nitrogens with zero attached hydrogens (tertiary/aromatic N) is 3. The average Bonchev–Trinajstić information content (AvgIpc) is 3.50. The molecule has 35 heavy (non-hydrogen) atoms. The van der Waals surface area contributed by atoms with Gasteiger partial charge in [0.25, 0.3) is 11.8 Å². The molecule has 2 aromatic heterocycles. The largest absolute Gasteiger partial charge is 0.497 e. The van der Waals surface area contributed by atoms with Gasteiger partial charge in [0.15, 0.2) is 6.61 Å². The number of rotatable bonds is 7. The number of hydrogen-bond donors (Lipinski definition) is 1. The fraction of sp³-hybridized carbons (Fsp3) is 0.120. The quantitative estimate of drug-likeness (QED) is 0.411. The second kappa shape index (κ2) is 10.0. The van der Waals surface area contributed by atoms with Gasteiger partial charge in [0.05, 0.1) is 12.8 Å². The summed E-state index contributed by atoms with van der Waals surface area (Å²) in [5.41, 5.74) is 1.72. The molecule has 0 fully saturated rings. The van der Waals surface area contributed by atoms with Crippen LogP contribution < -0.4 is 10.1 Å². The molecule has 0 bridgehead atoms. The highest BCUT2D eigenvalue weighted by Crippen LogP contribution is 2.27. The van der Waals surface area contributed by atoms with Crippen molar-refractivity contribution in [1.29, 1.82) is 0 Å². The van der Waals surface area contributed by atoms with Crippen LogP contribution in [-0.4, -0.2) is 45.8 Å². The smallest absolute Gasteiger partial charge is 0.342 e. The highest BCUT2D eigenvalue weighted by molar-refractivity contribution is 6.05. The van der Waals surface area contributed by atoms with Crippen molar-refractivity contribution in [2.24, 2.45) is 7.05 Å². The second-order valence-corrected chi connectivity index (χ2v) is 7.50. The van der Waals surface area contributed by atoms with E-state index in [4.69, 9.17) is 9.47 Å². The Morgan fingerprint density at radius 2 is 1.83 bits per heavy atom. The van der Waals surface area contributed by atoms with E-state index in [1.165, 1.54) is 42.3 Å². The summed E-state index contributed by atoms with van der Waals surface area (Å²) in [6.07, 6.45) is 3.09. The molecular formula is C25H21FN4O5. The molecule has 2 heterocycles. The van der Waals surface area contributed by atoms with E-state index in [0.717, 1.165) is 0 Å². The van der Waals surface area contributed by atoms with Crippen LogP contribution >= 0.6 is 0 Å². The summed E-state index contributed by atoms with van der Waals surface area (Å²) in [6.45, 7) is -0.672. The topological polar surface area (TPSA) is 104 Å². The first-order valence-electron chi connectivity index (χ1n) is 10.5. The zero-order valence-electron chi connectivity index (χ0n) is 18.9. The molecule has 0 radical (unpaired) electrons. The van der Waals surface area contributed by atoms with Gasteiger partial charge in [-0.25, -0.2) is 13.9 Å². The predicted molar refractivity (Wildman–Crippen MR) is 124 cm³/mol. The number of carbonyl (C=O) groups excluding carboxylic acids is 3. The van der Waals surface area contributed by atoms with E-state index >= 15 is 0 Å². The zero-order valence-corrected chi connectivity index (χ0v) is 18.9. The highest BCUT2D eigenvalue weighted by atomic mass is 19.1. The Morgan fingerprint density at radius 1 is 1.06 bits per heavy atom. The summed E-state index contributed by atoms with van der Waals surface area (Å²) >= 11 is 0. The van der Waals surface area contributed by atoms with Gasteiger partial charge in [-0.05, 0) is 48.5 Å². The van der Waals surface area contributed by atoms with Crippen LogP contribution in [0.15, 0.2) is 73.1 Å². The molecular weight excluding hydrogens is 455 g/mol. The molecule has 178 valence electrons. The fourth-order valence-corrected chi connectivity index (χ4v) is 3.37. The number of nitrogens with one attached hydrogen (secondary N) is 1. The molecule has 10 heteroatoms. The lowest BCUT2D eigenvalue weighted by Gasteiger charge is -2.07. The third-order valence-corrected chi connectivity index (χ3v) is 5.13. The average molecular weight is 476 g/mol. The monoisotopic (exact) mass is 476 g/mol. The Balaban J connectivity index is 1.56. The predicted octanol–water partition coefficient (Wildman–Crippen LogP) is 3.14. The van der Waals surface area contributed by atoms with Crippen LogP contribution in [0.4, 0.5) is 4.39 Å². The maximum atomic E-state index is 13.4. The van der Waals surface area contributed by atoms with Gasteiger partial charge < -0.3 is 14.0 Å². The lowest BCUT2D eigenvalue weighted by atomic mass is 10.1. The van der Waals surface area contributed by atoms with Crippen molar-refractivity contribution in [3.8, 4) is 22.7 Å². The van der Waals surface area contributed by atoms with E-state index in [1.54, 1.807) is 54.2 Å². The first-order valence-corrected chi connectivity index (χ1v) is 10.5. The normalized spacial score (nSPS) is 10.6. The molecule has 9 nitrogen and oxygen atoms in total. The van der Waals surface area contributed by atoms with E-state index < -0.39 is 30.2 Å². The minimum absolute atomic E-state index is 0.0733. The molecule has 0 unspecified atom stereocenters. The third kappa shape index (κ3) is 5.27. The number of halogens is 1. The Bertz CT molecular complexity index is 1390. The number of benzene rings is 2. The molecule has 2 amide bonds. The van der Waals surface area contributed by atoms with Gasteiger partial charge in [-0.2, -0.15) is 5.10 Å². The first-order chi connectivity index (χ1) is 16.9. The summed E-state index contributed by atoms with van der Waals surface area (Å²) in [5, 5.41) is 6.66. The minimum Gasteiger partial charge on any atom is -0.497 e. The van der Waals surface area contributed by atoms with Crippen LogP contribution in [-0.2, 0) is 16.6 Å². The lowest BCUT2D eigenvalue weighted by molar-refractivity contribution is -0.123. The van der Waals surface area contributed by atoms with Gasteiger partial charge in [-0.15, -0.1) is 0 Å². The fourth-order valence-electron chi connectivity index (χ4n) is 3.37. The van der Waals surface area contributed by atoms with E-state index in [-0.39, 0.29) is 17.0 Å². The highest BCUT2D eigenvalue weighted by Gasteiger charge is 2.22. The third-order valence-electron chi connectivity index (χ3n) is 5.13. The second-order valence-electron chi connectivity index (χ2n) is 7.50. The van der Waals surface area contributed by atoms with Crippen molar-refractivity contribution in [2.75, 3.05) is 13.7 Å². The van der Waals surface area contributed by atoms with Crippen molar-refractivity contribution in [3.63, 3.8) is 0 Å². The standard InChI is InChI=1S/C25H21FN4O5/c1-29-12-4-7-21(29)24(32)27-22(31)15-35-25(33)20-14-30(18-10-8-17(26)9-11-18)28-23(20)16-5-3-6-19(13-16)34-2/h3-14H,15H2,1-2H3,(H,27,31,32). The van der Waals surface area contributed by atoms with Crippen LogP contribution in [0.1, 0.15) is 20.8 Å². The maximum Gasteiger partial charge on any atom is 0.342 e. The van der Waals surface area contributed by atoms with E-state index in [1.807, 2.05) is 0 Å². The number of amides is 2. The van der Waals surface area contributed by atoms with Crippen LogP contribution in [0.25, 0.3) is 16.9 Å². The Morgan fingerprint density at radius 3 is 2.51 bits per heavy atom. The van der Waals surface area contributed by atoms with Gasteiger partial charge in [-0.3, -0.25) is 14.9 Å². The van der Waals surface area contributed by atoms with Crippen LogP contribution in [0, 0.1) is 5.82 Å². The molecule has 2 aromatic carbocycles. The molecule has 0 spiro atoms. The van der Waals surface area contributed by atoms with Gasteiger partial charge in [0.1, 0.15) is 28.5 Å². The molecule has 0 aliphatic carbocycles. The molecule has 0 aliphatic heterocycles. The summed E-state index contributed by atoms with van der Waals surface area (Å²) in [6, 6.07) is 15.7. The van der Waals surface area contributed by atoms with Gasteiger partial charge in [-0.1, -0.05) is 12.1 Å². The Kier molecular flexibility index (Phi) is 6.72. The van der Waals surface area contributed by atoms with Gasteiger partial charge in [0, 0.05) is 25.0 Å². The Hall–Kier alpha value is -4.73. The molecule has 0 atom stereocenters. The SMILES string of the molecule is COc1cccc(-c2nn(-c3ccc(F)cc3)cc2C(=O)OCC(=O)NC(=O)c2cccn2C)c1. The number of hydrogen-bond acceptors (Lipinski definition) is 6. The van der Waals surface area contributed by atoms with Crippen molar-refractivity contribution in [1.82, 2.24) is 19.7 Å². The zero-order chi connectivity index (χ0) is 24.9. The molecule has 0 aliphatic rings. The molecule has 4 rings (SSSR count). The lowest BCUT2D eigenvalue weighted by Crippen LogP contribution is -2.35. The molecule has 0 saturated heterocycles. The number of aryl methyl sites for hydroxylation is 1. The van der Waals surface area contributed by atoms with Crippen molar-refractivity contribution < 1.29 is 28.2 Å². The molecule has 4 aromatic rings. The first kappa shape index (κ1) is 23.4. The maximum absolute atomic E-state index is 13.4. The van der Waals surface area contributed by atoms with Gasteiger partial charge >= 0.3 is 5.97 Å². The number of esters is 1. The minimum atomic E-state index is -0.822. The van der Waals surface area contributed by atoms with Crippen LogP contribution in [0.2, 0.25) is 0 Å². The summed E-state index contributed by atoms with van der Waals surface area (Å²) < 4.78 is 26.8. The number of imide groups is 1. The van der Waals surface area contributed by atoms with Crippen molar-refractivity contribution >= 4 is 17.8 Å². The van der Waals surface area contributed by atoms with E-state index in [9.17, 15) is 18.8 Å². The van der Waals surface area contributed by atoms with E-state index in [0.29, 0.717) is 17.0 Å². The van der Waals surface area contributed by atoms with Gasteiger partial charge in [0.2, 0.25) is 0 Å². The van der Waals surface area contributed by atoms with Crippen molar-refractivity contribution in [3.05, 3.63) is 90.1 Å². The summed E-state index contributed by atoms with van der Waals surface area (Å²) in [5.74, 6) is -2.07. The van der Waals surface area contributed by atoms with E-state index in [2.05, 4.69) is 10.4 Å². The molecule has 1 N–H and O–H groups in total. The van der Waals surface area contributed by atoms with Crippen LogP contribution in [0.3, 0.4) is 0 Å². The number of ether oxygens (including phenoxy) is 2. The summed E-state index contributed by atoms with van der Waals surface area (Å²) in [4.78, 5) is 37.3. The van der Waals surface area contributed by atoms with Crippen molar-refractivity contribution in [2.45, 2.75) is 0 Å². The Labute approximate surface area is 199 Å². The summed E-state index contributed by atoms with van der Waals surface area (Å²) in [7, 11) is 3.18. The molecule has 0 saturated carbocycles. The number of carbonyl (C=O) groups is 3. The number of methoxy groups -OCH3 is 1. The number of aromatic nitrogens is 3. The van der Waals surface area contributed by atoms with Crippen LogP contribution in [0.5, 0.6) is 5.75 Å².